The summed E-state index contributed by atoms with van der Waals surface area (Å²) in [5.74, 6) is 5.73. The van der Waals surface area contributed by atoms with Crippen LogP contribution in [-0.2, 0) is 17.9 Å². The molecule has 21 heavy (non-hydrogen) atoms. The van der Waals surface area contributed by atoms with Crippen LogP contribution in [0.3, 0.4) is 0 Å². The zero-order valence-electron chi connectivity index (χ0n) is 11.7. The Labute approximate surface area is 134 Å². The van der Waals surface area contributed by atoms with Crippen LogP contribution in [0.2, 0.25) is 0 Å². The van der Waals surface area contributed by atoms with Crippen molar-refractivity contribution in [1.82, 2.24) is 30.0 Å². The summed E-state index contributed by atoms with van der Waals surface area (Å²) < 4.78 is 4.66. The van der Waals surface area contributed by atoms with E-state index in [2.05, 4.69) is 36.7 Å². The first-order valence-corrected chi connectivity index (χ1v) is 8.17. The van der Waals surface area contributed by atoms with Crippen molar-refractivity contribution in [3.05, 3.63) is 10.7 Å². The molecular formula is C11H16BrN7OS. The molecule has 0 unspecified atom stereocenters. The molecule has 0 radical (unpaired) electrons. The lowest BCUT2D eigenvalue weighted by Gasteiger charge is -2.08. The van der Waals surface area contributed by atoms with E-state index in [-0.39, 0.29) is 11.7 Å². The van der Waals surface area contributed by atoms with Crippen LogP contribution in [0.4, 0.5) is 0 Å². The van der Waals surface area contributed by atoms with Crippen molar-refractivity contribution >= 4 is 33.6 Å². The van der Waals surface area contributed by atoms with E-state index in [0.29, 0.717) is 11.7 Å². The van der Waals surface area contributed by atoms with Gasteiger partial charge in [-0.3, -0.25) is 14.9 Å². The van der Waals surface area contributed by atoms with E-state index in [1.54, 1.807) is 6.20 Å². The second-order valence-corrected chi connectivity index (χ2v) is 5.86. The number of nitrogens with two attached hydrogens (primary N) is 1. The maximum absolute atomic E-state index is 11.2. The van der Waals surface area contributed by atoms with Crippen molar-refractivity contribution in [1.29, 1.82) is 0 Å². The van der Waals surface area contributed by atoms with Crippen molar-refractivity contribution in [3.8, 4) is 11.5 Å². The molecule has 1 amide bonds. The molecule has 0 atom stereocenters. The number of carbonyl (C=O) groups is 1. The number of hydrazine groups is 1. The highest BCUT2D eigenvalue weighted by molar-refractivity contribution is 9.10. The van der Waals surface area contributed by atoms with E-state index in [1.165, 1.54) is 11.8 Å². The summed E-state index contributed by atoms with van der Waals surface area (Å²) in [6, 6.07) is 0. The topological polar surface area (TPSA) is 104 Å². The molecule has 0 aromatic carbocycles. The highest BCUT2D eigenvalue weighted by Gasteiger charge is 2.20. The molecule has 8 nitrogen and oxygen atoms in total. The van der Waals surface area contributed by atoms with E-state index in [9.17, 15) is 4.79 Å². The molecule has 0 aliphatic rings. The summed E-state index contributed by atoms with van der Waals surface area (Å²) in [5.41, 5.74) is 2.97. The molecule has 0 aliphatic carbocycles. The fourth-order valence-electron chi connectivity index (χ4n) is 1.85. The second-order valence-electron chi connectivity index (χ2n) is 4.06. The molecule has 3 N–H and O–H groups in total. The molecule has 0 fully saturated rings. The predicted molar refractivity (Wildman–Crippen MR) is 83.3 cm³/mol. The summed E-state index contributed by atoms with van der Waals surface area (Å²) in [4.78, 5) is 11.2. The van der Waals surface area contributed by atoms with Gasteiger partial charge in [0, 0.05) is 13.1 Å². The number of aromatic nitrogens is 5. The van der Waals surface area contributed by atoms with Crippen LogP contribution in [0, 0.1) is 0 Å². The van der Waals surface area contributed by atoms with Gasteiger partial charge in [-0.25, -0.2) is 5.84 Å². The molecule has 0 spiro atoms. The van der Waals surface area contributed by atoms with Crippen molar-refractivity contribution in [3.63, 3.8) is 0 Å². The van der Waals surface area contributed by atoms with Crippen LogP contribution in [0.1, 0.15) is 13.8 Å². The maximum Gasteiger partial charge on any atom is 0.244 e. The van der Waals surface area contributed by atoms with Gasteiger partial charge in [-0.1, -0.05) is 11.8 Å². The van der Waals surface area contributed by atoms with Gasteiger partial charge in [0.05, 0.1) is 16.4 Å². The summed E-state index contributed by atoms with van der Waals surface area (Å²) in [7, 11) is 0. The molecule has 0 aliphatic heterocycles. The SMILES string of the molecule is CCn1ncc(Br)c1-c1nnc(SCC(=O)NN)n1CC. The number of hydrogen-bond donors (Lipinski definition) is 2. The fraction of sp³-hybridized carbons (Fsp3) is 0.455. The van der Waals surface area contributed by atoms with Gasteiger partial charge in [0.25, 0.3) is 0 Å². The number of rotatable bonds is 6. The van der Waals surface area contributed by atoms with E-state index >= 15 is 0 Å². The van der Waals surface area contributed by atoms with Gasteiger partial charge in [0.1, 0.15) is 5.69 Å². The Morgan fingerprint density at radius 2 is 2.19 bits per heavy atom. The lowest BCUT2D eigenvalue weighted by atomic mass is 10.4. The highest BCUT2D eigenvalue weighted by atomic mass is 79.9. The van der Waals surface area contributed by atoms with Gasteiger partial charge in [-0.2, -0.15) is 5.10 Å². The second kappa shape index (κ2) is 7.05. The average Bonchev–Trinajstić information content (AvgIpc) is 3.06. The Balaban J connectivity index is 2.35. The lowest BCUT2D eigenvalue weighted by molar-refractivity contribution is -0.118. The van der Waals surface area contributed by atoms with E-state index in [0.717, 1.165) is 22.5 Å². The van der Waals surface area contributed by atoms with Crippen LogP contribution in [0.5, 0.6) is 0 Å². The molecule has 2 aromatic heterocycles. The monoisotopic (exact) mass is 373 g/mol. The van der Waals surface area contributed by atoms with Gasteiger partial charge >= 0.3 is 0 Å². The summed E-state index contributed by atoms with van der Waals surface area (Å²) in [6.07, 6.45) is 1.74. The van der Waals surface area contributed by atoms with Gasteiger partial charge in [-0.15, -0.1) is 10.2 Å². The summed E-state index contributed by atoms with van der Waals surface area (Å²) in [5, 5.41) is 13.4. The number of amides is 1. The van der Waals surface area contributed by atoms with Crippen LogP contribution < -0.4 is 11.3 Å². The molecule has 2 heterocycles. The molecule has 2 rings (SSSR count). The average molecular weight is 374 g/mol. The summed E-state index contributed by atoms with van der Waals surface area (Å²) in [6.45, 7) is 5.43. The normalized spacial score (nSPS) is 10.9. The fourth-order valence-corrected chi connectivity index (χ4v) is 3.14. The van der Waals surface area contributed by atoms with Crippen molar-refractivity contribution in [2.75, 3.05) is 5.75 Å². The largest absolute Gasteiger partial charge is 0.301 e. The molecule has 10 heteroatoms. The Bertz CT molecular complexity index is 639. The zero-order chi connectivity index (χ0) is 15.4. The number of aryl methyl sites for hydroxylation is 1. The standard InChI is InChI=1S/C11H16BrN7OS/c1-3-18-10(9-7(12)5-14-19(9)4-2)16-17-11(18)21-6-8(20)15-13/h5H,3-4,6,13H2,1-2H3,(H,15,20). The van der Waals surface area contributed by atoms with Gasteiger partial charge in [-0.05, 0) is 29.8 Å². The minimum atomic E-state index is -0.257. The smallest absolute Gasteiger partial charge is 0.244 e. The van der Waals surface area contributed by atoms with Gasteiger partial charge in [0.2, 0.25) is 5.91 Å². The molecule has 0 saturated heterocycles. The first-order valence-electron chi connectivity index (χ1n) is 6.39. The number of thioether (sulfide) groups is 1. The van der Waals surface area contributed by atoms with Crippen LogP contribution in [0.25, 0.3) is 11.5 Å². The quantitative estimate of drug-likeness (QED) is 0.339. The number of nitrogens with zero attached hydrogens (tertiary/aromatic N) is 5. The number of carbonyl (C=O) groups excluding carboxylic acids is 1. The number of halogens is 1. The lowest BCUT2D eigenvalue weighted by Crippen LogP contribution is -2.31. The first-order chi connectivity index (χ1) is 10.1. The molecule has 0 bridgehead atoms. The Morgan fingerprint density at radius 3 is 2.81 bits per heavy atom. The van der Waals surface area contributed by atoms with Gasteiger partial charge in [0.15, 0.2) is 11.0 Å². The molecule has 2 aromatic rings. The third kappa shape index (κ3) is 3.27. The van der Waals surface area contributed by atoms with E-state index in [4.69, 9.17) is 5.84 Å². The van der Waals surface area contributed by atoms with Crippen molar-refractivity contribution < 1.29 is 4.79 Å². The van der Waals surface area contributed by atoms with Gasteiger partial charge < -0.3 is 4.57 Å². The third-order valence-corrected chi connectivity index (χ3v) is 4.38. The van der Waals surface area contributed by atoms with Crippen molar-refractivity contribution in [2.24, 2.45) is 5.84 Å². The molecule has 0 saturated carbocycles. The van der Waals surface area contributed by atoms with Crippen LogP contribution >= 0.6 is 27.7 Å². The number of nitrogens with one attached hydrogen (secondary N) is 1. The van der Waals surface area contributed by atoms with Crippen LogP contribution in [-0.4, -0.2) is 36.2 Å². The predicted octanol–water partition coefficient (Wildman–Crippen LogP) is 1.03. The third-order valence-electron chi connectivity index (χ3n) is 2.83. The van der Waals surface area contributed by atoms with Crippen LogP contribution in [0.15, 0.2) is 15.8 Å². The Morgan fingerprint density at radius 1 is 1.43 bits per heavy atom. The summed E-state index contributed by atoms with van der Waals surface area (Å²) >= 11 is 4.78. The molecule has 114 valence electrons. The zero-order valence-corrected chi connectivity index (χ0v) is 14.1. The Hall–Kier alpha value is -1.39. The Kier molecular flexibility index (Phi) is 5.37. The first kappa shape index (κ1) is 16.0. The highest BCUT2D eigenvalue weighted by Crippen LogP contribution is 2.29. The van der Waals surface area contributed by atoms with E-state index in [1.807, 2.05) is 23.1 Å². The maximum atomic E-state index is 11.2. The van der Waals surface area contributed by atoms with Crippen molar-refractivity contribution in [2.45, 2.75) is 32.1 Å². The minimum Gasteiger partial charge on any atom is -0.301 e. The molecular weight excluding hydrogens is 358 g/mol. The van der Waals surface area contributed by atoms with E-state index < -0.39 is 0 Å². The number of hydrogen-bond acceptors (Lipinski definition) is 6. The minimum absolute atomic E-state index is 0.197.